The highest BCUT2D eigenvalue weighted by atomic mass is 35.5. The zero-order valence-corrected chi connectivity index (χ0v) is 22.4. The van der Waals surface area contributed by atoms with E-state index in [0.29, 0.717) is 33.8 Å². The third-order valence-corrected chi connectivity index (χ3v) is 7.39. The van der Waals surface area contributed by atoms with E-state index in [-0.39, 0.29) is 27.5 Å². The lowest BCUT2D eigenvalue weighted by Crippen LogP contribution is -2.13. The Morgan fingerprint density at radius 1 is 1.05 bits per heavy atom. The van der Waals surface area contributed by atoms with Crippen molar-refractivity contribution in [1.29, 1.82) is 0 Å². The minimum absolute atomic E-state index is 0.0127. The summed E-state index contributed by atoms with van der Waals surface area (Å²) in [7, 11) is -4.53. The number of phenols is 1. The predicted octanol–water partition coefficient (Wildman–Crippen LogP) is 7.47. The number of nitrogens with one attached hydrogen (secondary N) is 1. The van der Waals surface area contributed by atoms with Gasteiger partial charge in [0.2, 0.25) is 0 Å². The van der Waals surface area contributed by atoms with Crippen LogP contribution in [0, 0.1) is 6.92 Å². The molecule has 9 nitrogen and oxygen atoms in total. The molecule has 0 aliphatic heterocycles. The zero-order chi connectivity index (χ0) is 27.6. The van der Waals surface area contributed by atoms with E-state index in [1.165, 1.54) is 19.1 Å². The van der Waals surface area contributed by atoms with Gasteiger partial charge in [-0.1, -0.05) is 53.5 Å². The number of anilines is 1. The summed E-state index contributed by atoms with van der Waals surface area (Å²) in [5, 5.41) is 23.4. The third kappa shape index (κ3) is 5.44. The van der Waals surface area contributed by atoms with Gasteiger partial charge in [0.1, 0.15) is 10.6 Å². The van der Waals surface area contributed by atoms with E-state index in [4.69, 9.17) is 27.9 Å². The Labute approximate surface area is 228 Å². The Morgan fingerprint density at radius 3 is 2.50 bits per heavy atom. The summed E-state index contributed by atoms with van der Waals surface area (Å²) in [6, 6.07) is 15.8. The maximum Gasteiger partial charge on any atom is 0.296 e. The molecule has 4 rings (SSSR count). The first-order valence-electron chi connectivity index (χ1n) is 11.2. The van der Waals surface area contributed by atoms with E-state index in [1.807, 2.05) is 0 Å². The van der Waals surface area contributed by atoms with Crippen LogP contribution in [-0.4, -0.2) is 30.6 Å². The first-order chi connectivity index (χ1) is 18.0. The van der Waals surface area contributed by atoms with Crippen molar-refractivity contribution in [2.24, 2.45) is 10.2 Å². The Kier molecular flexibility index (Phi) is 7.89. The highest BCUT2D eigenvalue weighted by Crippen LogP contribution is 2.41. The predicted molar refractivity (Wildman–Crippen MR) is 146 cm³/mol. The monoisotopic (exact) mass is 573 g/mol. The molecule has 4 aromatic carbocycles. The lowest BCUT2D eigenvalue weighted by molar-refractivity contribution is 0.102. The number of nitrogens with zero attached hydrogens (tertiary/aromatic N) is 2. The maximum atomic E-state index is 13.3. The molecule has 0 aliphatic carbocycles. The van der Waals surface area contributed by atoms with E-state index < -0.39 is 26.7 Å². The Morgan fingerprint density at radius 2 is 1.79 bits per heavy atom. The summed E-state index contributed by atoms with van der Waals surface area (Å²) in [6.07, 6.45) is 0. The molecule has 0 saturated carbocycles. The quantitative estimate of drug-likeness (QED) is 0.155. The van der Waals surface area contributed by atoms with Crippen molar-refractivity contribution in [2.45, 2.75) is 18.7 Å². The molecule has 0 fully saturated rings. The molecular weight excluding hydrogens is 553 g/mol. The number of halogens is 2. The molecule has 12 heteroatoms. The summed E-state index contributed by atoms with van der Waals surface area (Å²) in [5.41, 5.74) is 0.702. The number of rotatable bonds is 7. The second kappa shape index (κ2) is 11.0. The second-order valence-electron chi connectivity index (χ2n) is 8.04. The SMILES string of the molecule is CCOc1c(Cl)cccc1NC(=O)c1cc2ccccc2c(N=Nc2ccc(S(=O)(=O)O)c(Cl)c2C)c1O. The van der Waals surface area contributed by atoms with Crippen LogP contribution in [0.25, 0.3) is 10.8 Å². The number of phenolic OH excluding ortho intramolecular Hbond substituents is 1. The number of hydrogen-bond acceptors (Lipinski definition) is 7. The fourth-order valence-corrected chi connectivity index (χ4v) is 5.04. The number of amides is 1. The van der Waals surface area contributed by atoms with Crippen molar-refractivity contribution in [2.75, 3.05) is 11.9 Å². The van der Waals surface area contributed by atoms with Crippen LogP contribution in [-0.2, 0) is 10.1 Å². The van der Waals surface area contributed by atoms with Crippen LogP contribution < -0.4 is 10.1 Å². The van der Waals surface area contributed by atoms with E-state index >= 15 is 0 Å². The lowest BCUT2D eigenvalue weighted by Gasteiger charge is -2.14. The van der Waals surface area contributed by atoms with Gasteiger partial charge in [-0.05, 0) is 55.1 Å². The van der Waals surface area contributed by atoms with Crippen LogP contribution in [0.15, 0.2) is 75.8 Å². The van der Waals surface area contributed by atoms with Crippen LogP contribution in [0.4, 0.5) is 17.1 Å². The van der Waals surface area contributed by atoms with Gasteiger partial charge >= 0.3 is 0 Å². The molecule has 0 radical (unpaired) electrons. The number of aromatic hydroxyl groups is 1. The number of carbonyl (C=O) groups is 1. The summed E-state index contributed by atoms with van der Waals surface area (Å²) >= 11 is 12.3. The van der Waals surface area contributed by atoms with Crippen LogP contribution in [0.3, 0.4) is 0 Å². The van der Waals surface area contributed by atoms with Gasteiger partial charge in [-0.15, -0.1) is 5.11 Å². The van der Waals surface area contributed by atoms with Crippen LogP contribution in [0.5, 0.6) is 11.5 Å². The lowest BCUT2D eigenvalue weighted by atomic mass is 10.0. The molecule has 38 heavy (non-hydrogen) atoms. The molecule has 1 amide bonds. The number of azo groups is 1. The van der Waals surface area contributed by atoms with E-state index in [1.54, 1.807) is 49.4 Å². The van der Waals surface area contributed by atoms with Gasteiger partial charge in [0, 0.05) is 5.39 Å². The molecular formula is C26H21Cl2N3O6S. The molecule has 0 spiro atoms. The number of hydrogen-bond donors (Lipinski definition) is 3. The molecule has 0 heterocycles. The number of fused-ring (bicyclic) bond motifs is 1. The largest absolute Gasteiger partial charge is 0.505 e. The molecule has 0 aromatic heterocycles. The average Bonchev–Trinajstić information content (AvgIpc) is 2.86. The Bertz CT molecular complexity index is 1710. The zero-order valence-electron chi connectivity index (χ0n) is 20.1. The van der Waals surface area contributed by atoms with E-state index in [2.05, 4.69) is 15.5 Å². The third-order valence-electron chi connectivity index (χ3n) is 5.60. The van der Waals surface area contributed by atoms with Gasteiger partial charge in [0.05, 0.1) is 33.6 Å². The topological polar surface area (TPSA) is 138 Å². The average molecular weight is 574 g/mol. The fourth-order valence-electron chi connectivity index (χ4n) is 3.74. The first-order valence-corrected chi connectivity index (χ1v) is 13.4. The Hall–Kier alpha value is -3.70. The molecule has 3 N–H and O–H groups in total. The van der Waals surface area contributed by atoms with Crippen LogP contribution in [0.1, 0.15) is 22.8 Å². The van der Waals surface area contributed by atoms with E-state index in [0.717, 1.165) is 6.07 Å². The smallest absolute Gasteiger partial charge is 0.296 e. The van der Waals surface area contributed by atoms with Gasteiger partial charge in [-0.25, -0.2) is 0 Å². The van der Waals surface area contributed by atoms with Gasteiger partial charge in [-0.2, -0.15) is 13.5 Å². The van der Waals surface area contributed by atoms with Crippen molar-refractivity contribution in [3.05, 3.63) is 81.8 Å². The second-order valence-corrected chi connectivity index (χ2v) is 10.2. The first kappa shape index (κ1) is 27.3. The van der Waals surface area contributed by atoms with Crippen molar-refractivity contribution < 1.29 is 27.6 Å². The summed E-state index contributed by atoms with van der Waals surface area (Å²) in [5.74, 6) is -0.765. The minimum atomic E-state index is -4.53. The van der Waals surface area contributed by atoms with E-state index in [9.17, 15) is 22.9 Å². The van der Waals surface area contributed by atoms with Crippen molar-refractivity contribution in [3.63, 3.8) is 0 Å². The van der Waals surface area contributed by atoms with Crippen molar-refractivity contribution in [3.8, 4) is 11.5 Å². The number of carbonyl (C=O) groups excluding carboxylic acids is 1. The molecule has 0 unspecified atom stereocenters. The maximum absolute atomic E-state index is 13.3. The Balaban J connectivity index is 1.79. The summed E-state index contributed by atoms with van der Waals surface area (Å²) in [6.45, 7) is 3.62. The summed E-state index contributed by atoms with van der Waals surface area (Å²) < 4.78 is 38.0. The van der Waals surface area contributed by atoms with Crippen molar-refractivity contribution >= 4 is 67.1 Å². The van der Waals surface area contributed by atoms with Gasteiger partial charge in [-0.3, -0.25) is 9.35 Å². The normalized spacial score (nSPS) is 11.7. The number of benzene rings is 4. The van der Waals surface area contributed by atoms with Crippen molar-refractivity contribution in [1.82, 2.24) is 0 Å². The summed E-state index contributed by atoms with van der Waals surface area (Å²) in [4.78, 5) is 12.8. The van der Waals surface area contributed by atoms with Gasteiger partial charge in [0.25, 0.3) is 16.0 Å². The molecule has 0 bridgehead atoms. The van der Waals surface area contributed by atoms with Crippen LogP contribution in [0.2, 0.25) is 10.0 Å². The highest BCUT2D eigenvalue weighted by Gasteiger charge is 2.21. The molecule has 196 valence electrons. The molecule has 4 aromatic rings. The fraction of sp³-hybridized carbons (Fsp3) is 0.115. The molecule has 0 aliphatic rings. The van der Waals surface area contributed by atoms with Gasteiger partial charge < -0.3 is 15.2 Å². The minimum Gasteiger partial charge on any atom is -0.505 e. The standard InChI is InChI=1S/C26H21Cl2N3O6S/c1-3-37-25-18(27)9-6-10-20(25)29-26(33)17-13-15-7-4-5-8-16(15)23(24(17)32)31-30-19-11-12-21(38(34,35)36)22(28)14(19)2/h4-13,32H,3H2,1-2H3,(H,29,33)(H,34,35,36). The van der Waals surface area contributed by atoms with Crippen LogP contribution >= 0.6 is 23.2 Å². The number of para-hydroxylation sites is 1. The number of ether oxygens (including phenoxy) is 1. The highest BCUT2D eigenvalue weighted by molar-refractivity contribution is 7.86. The van der Waals surface area contributed by atoms with Gasteiger partial charge in [0.15, 0.2) is 11.5 Å². The molecule has 0 atom stereocenters. The molecule has 0 saturated heterocycles.